The number of rotatable bonds is 4. The van der Waals surface area contributed by atoms with E-state index in [2.05, 4.69) is 38.8 Å². The van der Waals surface area contributed by atoms with E-state index in [1.165, 1.54) is 4.90 Å². The summed E-state index contributed by atoms with van der Waals surface area (Å²) < 4.78 is 8.13. The van der Waals surface area contributed by atoms with Gasteiger partial charge in [-0.1, -0.05) is 20.8 Å². The molecule has 6 nitrogen and oxygen atoms in total. The number of hydrogen-bond acceptors (Lipinski definition) is 3. The molecule has 0 fully saturated rings. The van der Waals surface area contributed by atoms with Crippen LogP contribution in [0, 0.1) is 5.41 Å². The summed E-state index contributed by atoms with van der Waals surface area (Å²) in [4.78, 5) is 17.2. The predicted octanol–water partition coefficient (Wildman–Crippen LogP) is 2.73. The van der Waals surface area contributed by atoms with Gasteiger partial charge in [-0.25, -0.2) is 14.7 Å². The lowest BCUT2D eigenvalue weighted by Crippen LogP contribution is -2.36. The molecule has 7 heteroatoms. The van der Waals surface area contributed by atoms with E-state index in [-0.39, 0.29) is 11.5 Å². The topological polar surface area (TPSA) is 67.6 Å². The van der Waals surface area contributed by atoms with Crippen molar-refractivity contribution in [1.29, 1.82) is 0 Å². The molecular formula is C15H27N3O3Si. The van der Waals surface area contributed by atoms with E-state index < -0.39 is 15.1 Å². The minimum Gasteiger partial charge on any atom is -0.465 e. The van der Waals surface area contributed by atoms with Crippen LogP contribution in [0.5, 0.6) is 0 Å². The number of carboxylic acid groups (broad SMARTS) is 1. The van der Waals surface area contributed by atoms with E-state index in [1.807, 2.05) is 10.8 Å². The number of anilines is 1. The minimum atomic E-state index is -1.14. The number of hydrogen-bond donors (Lipinski definition) is 1. The Morgan fingerprint density at radius 3 is 2.68 bits per heavy atom. The summed E-state index contributed by atoms with van der Waals surface area (Å²) in [6, 6.07) is 0. The molecule has 0 saturated carbocycles. The van der Waals surface area contributed by atoms with Crippen LogP contribution in [-0.4, -0.2) is 42.4 Å². The standard InChI is InChI=1S/C15H27N3O3Si/c1-15(2,3)12(21-22(4)5)9-11-10-17-7-6-8-18(14(19)20)13(17)16-11/h10,12,22H,6-9H2,1-5H3,(H,19,20). The lowest BCUT2D eigenvalue weighted by Gasteiger charge is -2.32. The zero-order chi connectivity index (χ0) is 16.5. The lowest BCUT2D eigenvalue weighted by atomic mass is 9.86. The molecule has 22 heavy (non-hydrogen) atoms. The van der Waals surface area contributed by atoms with E-state index in [9.17, 15) is 9.90 Å². The number of imidazole rings is 1. The fraction of sp³-hybridized carbons (Fsp3) is 0.733. The Hall–Kier alpha value is -1.34. The van der Waals surface area contributed by atoms with Crippen LogP contribution in [0.1, 0.15) is 32.9 Å². The Kier molecular flexibility index (Phi) is 4.96. The Balaban J connectivity index is 2.21. The Labute approximate surface area is 133 Å². The third-order valence-corrected chi connectivity index (χ3v) is 4.73. The largest absolute Gasteiger partial charge is 0.465 e. The van der Waals surface area contributed by atoms with Gasteiger partial charge in [-0.3, -0.25) is 0 Å². The van der Waals surface area contributed by atoms with Gasteiger partial charge in [0.15, 0.2) is 9.04 Å². The summed E-state index contributed by atoms with van der Waals surface area (Å²) in [5.74, 6) is 0.545. The average molecular weight is 325 g/mol. The number of carbonyl (C=O) groups is 1. The quantitative estimate of drug-likeness (QED) is 0.864. The molecular weight excluding hydrogens is 298 g/mol. The van der Waals surface area contributed by atoms with Gasteiger partial charge >= 0.3 is 6.09 Å². The molecule has 1 aromatic heterocycles. The van der Waals surface area contributed by atoms with Crippen LogP contribution in [0.15, 0.2) is 6.20 Å². The molecule has 1 atom stereocenters. The van der Waals surface area contributed by atoms with Gasteiger partial charge in [0.25, 0.3) is 0 Å². The number of aromatic nitrogens is 2. The molecule has 0 spiro atoms. The summed E-state index contributed by atoms with van der Waals surface area (Å²) in [6.45, 7) is 12.2. The van der Waals surface area contributed by atoms with E-state index in [1.54, 1.807) is 0 Å². The van der Waals surface area contributed by atoms with Crippen molar-refractivity contribution in [2.45, 2.75) is 59.4 Å². The molecule has 1 aliphatic heterocycles. The van der Waals surface area contributed by atoms with Crippen molar-refractivity contribution in [3.63, 3.8) is 0 Å². The second-order valence-corrected chi connectivity index (χ2v) is 9.63. The molecule has 1 N–H and O–H groups in total. The fourth-order valence-electron chi connectivity index (χ4n) is 2.69. The lowest BCUT2D eigenvalue weighted by molar-refractivity contribution is 0.0859. The smallest absolute Gasteiger partial charge is 0.414 e. The number of nitrogens with zero attached hydrogens (tertiary/aromatic N) is 3. The second-order valence-electron chi connectivity index (χ2n) is 7.26. The zero-order valence-corrected chi connectivity index (χ0v) is 15.3. The third kappa shape index (κ3) is 3.89. The normalized spacial score (nSPS) is 16.7. The molecule has 124 valence electrons. The first kappa shape index (κ1) is 17.0. The van der Waals surface area contributed by atoms with Gasteiger partial charge in [-0.05, 0) is 24.9 Å². The number of amides is 1. The molecule has 2 rings (SSSR count). The third-order valence-electron chi connectivity index (χ3n) is 3.86. The van der Waals surface area contributed by atoms with Gasteiger partial charge in [0.1, 0.15) is 0 Å². The van der Waals surface area contributed by atoms with Crippen molar-refractivity contribution in [1.82, 2.24) is 9.55 Å². The van der Waals surface area contributed by atoms with Crippen molar-refractivity contribution in [3.05, 3.63) is 11.9 Å². The first-order chi connectivity index (χ1) is 10.2. The van der Waals surface area contributed by atoms with Crippen molar-refractivity contribution in [2.24, 2.45) is 5.41 Å². The first-order valence-corrected chi connectivity index (χ1v) is 10.7. The van der Waals surface area contributed by atoms with Crippen LogP contribution in [-0.2, 0) is 17.4 Å². The molecule has 1 aromatic rings. The van der Waals surface area contributed by atoms with Gasteiger partial charge in [-0.2, -0.15) is 0 Å². The van der Waals surface area contributed by atoms with Gasteiger partial charge in [-0.15, -0.1) is 0 Å². The first-order valence-electron chi connectivity index (χ1n) is 7.90. The fourth-order valence-corrected chi connectivity index (χ4v) is 3.86. The van der Waals surface area contributed by atoms with Crippen LogP contribution < -0.4 is 4.90 Å². The highest BCUT2D eigenvalue weighted by Crippen LogP contribution is 2.28. The average Bonchev–Trinajstić information content (AvgIpc) is 2.78. The van der Waals surface area contributed by atoms with Crippen molar-refractivity contribution >= 4 is 21.1 Å². The molecule has 1 unspecified atom stereocenters. The zero-order valence-electron chi connectivity index (χ0n) is 14.2. The summed E-state index contributed by atoms with van der Waals surface area (Å²) >= 11 is 0. The molecule has 0 radical (unpaired) electrons. The maximum Gasteiger partial charge on any atom is 0.414 e. The Morgan fingerprint density at radius 2 is 2.14 bits per heavy atom. The molecule has 1 aliphatic rings. The summed E-state index contributed by atoms with van der Waals surface area (Å²) in [7, 11) is -1.14. The Morgan fingerprint density at radius 1 is 1.45 bits per heavy atom. The monoisotopic (exact) mass is 325 g/mol. The molecule has 0 saturated heterocycles. The molecule has 0 aliphatic carbocycles. The molecule has 1 amide bonds. The Bertz CT molecular complexity index is 537. The van der Waals surface area contributed by atoms with Crippen molar-refractivity contribution in [2.75, 3.05) is 11.4 Å². The van der Waals surface area contributed by atoms with E-state index >= 15 is 0 Å². The van der Waals surface area contributed by atoms with Crippen LogP contribution in [0.25, 0.3) is 0 Å². The maximum absolute atomic E-state index is 11.3. The van der Waals surface area contributed by atoms with Gasteiger partial charge in [0.2, 0.25) is 5.95 Å². The van der Waals surface area contributed by atoms with Crippen LogP contribution in [0.2, 0.25) is 13.1 Å². The molecule has 2 heterocycles. The highest BCUT2D eigenvalue weighted by Gasteiger charge is 2.29. The van der Waals surface area contributed by atoms with Crippen LogP contribution >= 0.6 is 0 Å². The molecule has 0 bridgehead atoms. The van der Waals surface area contributed by atoms with E-state index in [4.69, 9.17) is 4.43 Å². The number of aryl methyl sites for hydroxylation is 1. The minimum absolute atomic E-state index is 0.0356. The summed E-state index contributed by atoms with van der Waals surface area (Å²) in [5, 5.41) is 9.28. The van der Waals surface area contributed by atoms with Gasteiger partial charge in [0.05, 0.1) is 11.8 Å². The highest BCUT2D eigenvalue weighted by molar-refractivity contribution is 6.48. The van der Waals surface area contributed by atoms with Crippen LogP contribution in [0.3, 0.4) is 0 Å². The summed E-state index contributed by atoms with van der Waals surface area (Å²) in [5.41, 5.74) is 0.950. The van der Waals surface area contributed by atoms with Gasteiger partial charge in [0, 0.05) is 25.7 Å². The van der Waals surface area contributed by atoms with E-state index in [0.29, 0.717) is 12.5 Å². The molecule has 0 aromatic carbocycles. The van der Waals surface area contributed by atoms with E-state index in [0.717, 1.165) is 25.1 Å². The summed E-state index contributed by atoms with van der Waals surface area (Å²) in [6.07, 6.45) is 2.70. The predicted molar refractivity (Wildman–Crippen MR) is 89.1 cm³/mol. The highest BCUT2D eigenvalue weighted by atomic mass is 28.3. The second kappa shape index (κ2) is 6.42. The van der Waals surface area contributed by atoms with Crippen molar-refractivity contribution < 1.29 is 14.3 Å². The number of fused-ring (bicyclic) bond motifs is 1. The van der Waals surface area contributed by atoms with Crippen LogP contribution in [0.4, 0.5) is 10.7 Å². The van der Waals surface area contributed by atoms with Crippen molar-refractivity contribution in [3.8, 4) is 0 Å². The van der Waals surface area contributed by atoms with Gasteiger partial charge < -0.3 is 14.1 Å². The SMILES string of the molecule is C[SiH](C)OC(Cc1cn2c(n1)N(C(=O)O)CCC2)C(C)(C)C. The maximum atomic E-state index is 11.3.